The van der Waals surface area contributed by atoms with Crippen molar-refractivity contribution in [1.29, 1.82) is 0 Å². The molecule has 5 heteroatoms. The molecule has 35 heavy (non-hydrogen) atoms. The van der Waals surface area contributed by atoms with Gasteiger partial charge in [0.25, 0.3) is 5.91 Å². The maximum absolute atomic E-state index is 13.3. The van der Waals surface area contributed by atoms with Crippen molar-refractivity contribution in [2.24, 2.45) is 0 Å². The molecule has 1 aromatic heterocycles. The lowest BCUT2D eigenvalue weighted by molar-refractivity contribution is 0.00708. The minimum atomic E-state index is -0.658. The Morgan fingerprint density at radius 3 is 2.11 bits per heavy atom. The smallest absolute Gasteiger partial charge is 0.340 e. The van der Waals surface area contributed by atoms with Gasteiger partial charge in [0, 0.05) is 17.3 Å². The molecule has 0 fully saturated rings. The highest BCUT2D eigenvalue weighted by Crippen LogP contribution is 2.28. The quantitative estimate of drug-likeness (QED) is 0.325. The number of ether oxygens (including phenoxy) is 1. The first kappa shape index (κ1) is 23.9. The first-order valence-corrected chi connectivity index (χ1v) is 11.5. The summed E-state index contributed by atoms with van der Waals surface area (Å²) in [6.07, 6.45) is 1.74. The third-order valence-corrected chi connectivity index (χ3v) is 5.43. The fraction of sp³-hybridized carbons (Fsp3) is 0.167. The van der Waals surface area contributed by atoms with Crippen LogP contribution in [0.4, 0.5) is 5.69 Å². The predicted octanol–water partition coefficient (Wildman–Crippen LogP) is 6.93. The molecule has 5 nitrogen and oxygen atoms in total. The summed E-state index contributed by atoms with van der Waals surface area (Å²) in [5, 5.41) is 2.95. The van der Waals surface area contributed by atoms with Crippen LogP contribution in [0.2, 0.25) is 0 Å². The Hall–Kier alpha value is -4.25. The van der Waals surface area contributed by atoms with Gasteiger partial charge in [0.2, 0.25) is 0 Å². The normalized spacial score (nSPS) is 11.1. The molecule has 4 aromatic rings. The second kappa shape index (κ2) is 9.94. The molecule has 176 valence electrons. The van der Waals surface area contributed by atoms with Gasteiger partial charge in [-0.1, -0.05) is 48.5 Å². The highest BCUT2D eigenvalue weighted by atomic mass is 16.6. The maximum atomic E-state index is 13.3. The summed E-state index contributed by atoms with van der Waals surface area (Å²) in [4.78, 5) is 30.6. The van der Waals surface area contributed by atoms with Gasteiger partial charge in [0.15, 0.2) is 0 Å². The fourth-order valence-electron chi connectivity index (χ4n) is 3.77. The van der Waals surface area contributed by atoms with Crippen molar-refractivity contribution in [1.82, 2.24) is 4.98 Å². The number of aromatic nitrogens is 1. The lowest BCUT2D eigenvalue weighted by Gasteiger charge is -2.21. The number of anilines is 1. The molecule has 4 rings (SSSR count). The van der Waals surface area contributed by atoms with Crippen LogP contribution in [-0.2, 0) is 4.74 Å². The molecule has 0 saturated heterocycles. The van der Waals surface area contributed by atoms with Crippen LogP contribution in [0.5, 0.6) is 0 Å². The number of nitrogens with one attached hydrogen (secondary N) is 1. The molecule has 0 aliphatic carbocycles. The third-order valence-electron chi connectivity index (χ3n) is 5.43. The van der Waals surface area contributed by atoms with E-state index in [1.165, 1.54) is 0 Å². The molecular formula is C30H28N2O3. The van der Waals surface area contributed by atoms with Crippen molar-refractivity contribution in [2.45, 2.75) is 33.3 Å². The number of aryl methyl sites for hydroxylation is 1. The van der Waals surface area contributed by atoms with Gasteiger partial charge in [0.05, 0.1) is 16.9 Å². The average Bonchev–Trinajstić information content (AvgIpc) is 2.84. The van der Waals surface area contributed by atoms with Crippen molar-refractivity contribution >= 4 is 17.6 Å². The second-order valence-electron chi connectivity index (χ2n) is 9.33. The zero-order valence-corrected chi connectivity index (χ0v) is 20.3. The molecule has 1 amide bonds. The number of nitrogens with zero attached hydrogens (tertiary/aromatic N) is 1. The fourth-order valence-corrected chi connectivity index (χ4v) is 3.77. The molecule has 0 saturated carbocycles. The van der Waals surface area contributed by atoms with E-state index in [-0.39, 0.29) is 5.91 Å². The summed E-state index contributed by atoms with van der Waals surface area (Å²) in [5.41, 5.74) is 5.01. The number of hydrogen-bond acceptors (Lipinski definition) is 4. The van der Waals surface area contributed by atoms with Crippen molar-refractivity contribution in [3.05, 3.63) is 108 Å². The van der Waals surface area contributed by atoms with Gasteiger partial charge in [-0.25, -0.2) is 4.79 Å². The molecule has 0 aliphatic heterocycles. The molecule has 0 spiro atoms. The van der Waals surface area contributed by atoms with Gasteiger partial charge in [-0.3, -0.25) is 9.78 Å². The number of carbonyl (C=O) groups is 2. The molecule has 0 unspecified atom stereocenters. The number of pyridine rings is 1. The summed E-state index contributed by atoms with van der Waals surface area (Å²) in [5.74, 6) is -0.792. The van der Waals surface area contributed by atoms with E-state index in [2.05, 4.69) is 10.3 Å². The van der Waals surface area contributed by atoms with E-state index >= 15 is 0 Å². The van der Waals surface area contributed by atoms with Crippen LogP contribution in [0.1, 0.15) is 47.1 Å². The summed E-state index contributed by atoms with van der Waals surface area (Å²) in [6, 6.07) is 26.5. The van der Waals surface area contributed by atoms with Crippen molar-refractivity contribution in [2.75, 3.05) is 5.32 Å². The van der Waals surface area contributed by atoms with Crippen molar-refractivity contribution in [3.63, 3.8) is 0 Å². The topological polar surface area (TPSA) is 68.3 Å². The maximum Gasteiger partial charge on any atom is 0.340 e. The number of benzene rings is 3. The molecule has 0 radical (unpaired) electrons. The molecule has 1 heterocycles. The number of rotatable bonds is 5. The Labute approximate surface area is 205 Å². The van der Waals surface area contributed by atoms with Gasteiger partial charge >= 0.3 is 5.97 Å². The summed E-state index contributed by atoms with van der Waals surface area (Å²) >= 11 is 0. The Bertz CT molecular complexity index is 1360. The van der Waals surface area contributed by atoms with Crippen LogP contribution in [0.15, 0.2) is 91.1 Å². The number of hydrogen-bond donors (Lipinski definition) is 1. The van der Waals surface area contributed by atoms with Crippen LogP contribution in [-0.4, -0.2) is 22.5 Å². The standard InChI is InChI=1S/C30H28N2O3/c1-20-18-23(26-12-8-9-17-31-26)14-15-24(20)28(33)32-27-19-22(21-10-6-5-7-11-21)13-16-25(27)29(34)35-30(2,3)4/h5-19H,1-4H3,(H,32,33). The lowest BCUT2D eigenvalue weighted by Crippen LogP contribution is -2.25. The van der Waals surface area contributed by atoms with E-state index in [4.69, 9.17) is 4.74 Å². The lowest BCUT2D eigenvalue weighted by atomic mass is 10.0. The van der Waals surface area contributed by atoms with Crippen molar-refractivity contribution in [3.8, 4) is 22.4 Å². The van der Waals surface area contributed by atoms with Gasteiger partial charge in [-0.2, -0.15) is 0 Å². The third kappa shape index (κ3) is 5.82. The van der Waals surface area contributed by atoms with Crippen LogP contribution < -0.4 is 5.32 Å². The van der Waals surface area contributed by atoms with E-state index in [1.807, 2.05) is 100 Å². The largest absolute Gasteiger partial charge is 0.456 e. The Balaban J connectivity index is 1.68. The van der Waals surface area contributed by atoms with E-state index < -0.39 is 11.6 Å². The molecule has 0 bridgehead atoms. The Kier molecular flexibility index (Phi) is 6.78. The van der Waals surface area contributed by atoms with E-state index in [0.717, 1.165) is 27.9 Å². The molecular weight excluding hydrogens is 436 g/mol. The van der Waals surface area contributed by atoms with Crippen LogP contribution in [0.3, 0.4) is 0 Å². The Morgan fingerprint density at radius 2 is 1.46 bits per heavy atom. The first-order chi connectivity index (χ1) is 16.7. The number of carbonyl (C=O) groups excluding carboxylic acids is 2. The molecule has 3 aromatic carbocycles. The van der Waals surface area contributed by atoms with Crippen LogP contribution in [0.25, 0.3) is 22.4 Å². The molecule has 0 aliphatic rings. The van der Waals surface area contributed by atoms with Crippen molar-refractivity contribution < 1.29 is 14.3 Å². The van der Waals surface area contributed by atoms with Gasteiger partial charge in [-0.15, -0.1) is 0 Å². The van der Waals surface area contributed by atoms with E-state index in [9.17, 15) is 9.59 Å². The average molecular weight is 465 g/mol. The van der Waals surface area contributed by atoms with Gasteiger partial charge in [-0.05, 0) is 80.8 Å². The van der Waals surface area contributed by atoms with Gasteiger partial charge in [0.1, 0.15) is 5.60 Å². The zero-order valence-electron chi connectivity index (χ0n) is 20.3. The predicted molar refractivity (Wildman–Crippen MR) is 139 cm³/mol. The van der Waals surface area contributed by atoms with Crippen LogP contribution in [0, 0.1) is 6.92 Å². The summed E-state index contributed by atoms with van der Waals surface area (Å²) < 4.78 is 5.59. The second-order valence-corrected chi connectivity index (χ2v) is 9.33. The minimum absolute atomic E-state index is 0.301. The van der Waals surface area contributed by atoms with Crippen LogP contribution >= 0.6 is 0 Å². The summed E-state index contributed by atoms with van der Waals surface area (Å²) in [7, 11) is 0. The first-order valence-electron chi connectivity index (χ1n) is 11.5. The SMILES string of the molecule is Cc1cc(-c2ccccn2)ccc1C(=O)Nc1cc(-c2ccccc2)ccc1C(=O)OC(C)(C)C. The van der Waals surface area contributed by atoms with E-state index in [1.54, 1.807) is 18.3 Å². The molecule has 1 N–H and O–H groups in total. The highest BCUT2D eigenvalue weighted by molar-refractivity contribution is 6.09. The zero-order chi connectivity index (χ0) is 25.0. The van der Waals surface area contributed by atoms with Gasteiger partial charge < -0.3 is 10.1 Å². The highest BCUT2D eigenvalue weighted by Gasteiger charge is 2.22. The number of esters is 1. The molecule has 0 atom stereocenters. The summed E-state index contributed by atoms with van der Waals surface area (Å²) in [6.45, 7) is 7.33. The minimum Gasteiger partial charge on any atom is -0.456 e. The Morgan fingerprint density at radius 1 is 0.771 bits per heavy atom. The monoisotopic (exact) mass is 464 g/mol. The number of amides is 1. The van der Waals surface area contributed by atoms with E-state index in [0.29, 0.717) is 16.8 Å².